The number of amides is 1. The van der Waals surface area contributed by atoms with Crippen LogP contribution in [0.2, 0.25) is 0 Å². The van der Waals surface area contributed by atoms with Gasteiger partial charge in [-0.05, 0) is 74.2 Å². The molecule has 0 bridgehead atoms. The van der Waals surface area contributed by atoms with Crippen molar-refractivity contribution in [3.63, 3.8) is 0 Å². The van der Waals surface area contributed by atoms with Crippen molar-refractivity contribution in [1.82, 2.24) is 9.80 Å². The summed E-state index contributed by atoms with van der Waals surface area (Å²) in [5, 5.41) is 0. The van der Waals surface area contributed by atoms with Gasteiger partial charge in [-0.1, -0.05) is 18.2 Å². The van der Waals surface area contributed by atoms with E-state index in [1.165, 1.54) is 21.6 Å². The fourth-order valence-electron chi connectivity index (χ4n) is 3.74. The maximum Gasteiger partial charge on any atom is 0.222 e. The molecule has 4 nitrogen and oxygen atoms in total. The fourth-order valence-corrected chi connectivity index (χ4v) is 4.75. The summed E-state index contributed by atoms with van der Waals surface area (Å²) in [6.07, 6.45) is 2.42. The zero-order chi connectivity index (χ0) is 21.3. The van der Waals surface area contributed by atoms with Crippen LogP contribution >= 0.6 is 11.8 Å². The third-order valence-electron chi connectivity index (χ3n) is 5.88. The summed E-state index contributed by atoms with van der Waals surface area (Å²) < 4.78 is 5.20. The van der Waals surface area contributed by atoms with E-state index >= 15 is 0 Å². The number of hydrogen-bond acceptors (Lipinski definition) is 4. The van der Waals surface area contributed by atoms with E-state index in [-0.39, 0.29) is 5.91 Å². The van der Waals surface area contributed by atoms with E-state index in [1.54, 1.807) is 7.11 Å². The molecule has 1 aliphatic rings. The molecular weight excluding hydrogens is 392 g/mol. The second-order valence-electron chi connectivity index (χ2n) is 8.02. The summed E-state index contributed by atoms with van der Waals surface area (Å²) >= 11 is 1.93. The van der Waals surface area contributed by atoms with E-state index in [9.17, 15) is 4.79 Å². The van der Waals surface area contributed by atoms with Crippen LogP contribution in [0.1, 0.15) is 29.5 Å². The second-order valence-corrected chi connectivity index (χ2v) is 9.19. The van der Waals surface area contributed by atoms with E-state index in [2.05, 4.69) is 41.8 Å². The molecule has 0 aliphatic carbocycles. The summed E-state index contributed by atoms with van der Waals surface area (Å²) in [5.41, 5.74) is 3.89. The number of thioether (sulfide) groups is 1. The lowest BCUT2D eigenvalue weighted by atomic mass is 10.1. The van der Waals surface area contributed by atoms with Crippen molar-refractivity contribution in [1.29, 1.82) is 0 Å². The summed E-state index contributed by atoms with van der Waals surface area (Å²) in [4.78, 5) is 18.6. The predicted octanol–water partition coefficient (Wildman–Crippen LogP) is 4.57. The predicted molar refractivity (Wildman–Crippen MR) is 126 cm³/mol. The molecule has 1 aliphatic heterocycles. The van der Waals surface area contributed by atoms with Gasteiger partial charge in [0.2, 0.25) is 5.91 Å². The first-order valence-corrected chi connectivity index (χ1v) is 11.9. The first-order chi connectivity index (χ1) is 14.5. The first-order valence-electron chi connectivity index (χ1n) is 10.9. The molecular formula is C25H34N2O2S. The van der Waals surface area contributed by atoms with Gasteiger partial charge in [-0.15, -0.1) is 11.8 Å². The molecule has 0 saturated carbocycles. The van der Waals surface area contributed by atoms with Gasteiger partial charge in [0.15, 0.2) is 0 Å². The SMILES string of the molecule is COc1ccc(CCC(=O)N2CCCN(CCSc3ccc(C)c(C)c3)CC2)cc1. The van der Waals surface area contributed by atoms with Crippen molar-refractivity contribution in [2.75, 3.05) is 45.6 Å². The Balaban J connectivity index is 1.39. The molecule has 30 heavy (non-hydrogen) atoms. The number of rotatable bonds is 8. The van der Waals surface area contributed by atoms with Crippen LogP contribution in [0.15, 0.2) is 47.4 Å². The minimum atomic E-state index is 0.275. The number of hydrogen-bond donors (Lipinski definition) is 0. The molecule has 162 valence electrons. The zero-order valence-corrected chi connectivity index (χ0v) is 19.3. The normalized spacial score (nSPS) is 15.1. The van der Waals surface area contributed by atoms with E-state index in [0.717, 1.165) is 57.1 Å². The topological polar surface area (TPSA) is 32.8 Å². The Morgan fingerprint density at radius 1 is 1.00 bits per heavy atom. The second kappa shape index (κ2) is 11.4. The summed E-state index contributed by atoms with van der Waals surface area (Å²) in [5.74, 6) is 2.22. The van der Waals surface area contributed by atoms with Crippen molar-refractivity contribution >= 4 is 17.7 Å². The number of benzene rings is 2. The Kier molecular flexibility index (Phi) is 8.64. The summed E-state index contributed by atoms with van der Waals surface area (Å²) in [7, 11) is 1.67. The molecule has 0 radical (unpaired) electrons. The number of aryl methyl sites for hydroxylation is 3. The van der Waals surface area contributed by atoms with Crippen molar-refractivity contribution < 1.29 is 9.53 Å². The Hall–Kier alpha value is -1.98. The van der Waals surface area contributed by atoms with E-state index < -0.39 is 0 Å². The van der Waals surface area contributed by atoms with Gasteiger partial charge in [-0.3, -0.25) is 4.79 Å². The van der Waals surface area contributed by atoms with Crippen LogP contribution in [0.5, 0.6) is 5.75 Å². The van der Waals surface area contributed by atoms with Crippen LogP contribution in [-0.4, -0.2) is 61.3 Å². The van der Waals surface area contributed by atoms with Crippen molar-refractivity contribution in [2.45, 2.75) is 38.0 Å². The average Bonchev–Trinajstić information content (AvgIpc) is 3.01. The summed E-state index contributed by atoms with van der Waals surface area (Å²) in [6, 6.07) is 14.7. The van der Waals surface area contributed by atoms with Gasteiger partial charge in [0.05, 0.1) is 7.11 Å². The fraction of sp³-hybridized carbons (Fsp3) is 0.480. The molecule has 2 aromatic rings. The lowest BCUT2D eigenvalue weighted by molar-refractivity contribution is -0.131. The maximum atomic E-state index is 12.7. The minimum absolute atomic E-state index is 0.275. The van der Waals surface area contributed by atoms with Crippen LogP contribution in [0.25, 0.3) is 0 Å². The number of carbonyl (C=O) groups excluding carboxylic acids is 1. The summed E-state index contributed by atoms with van der Waals surface area (Å²) in [6.45, 7) is 9.18. The largest absolute Gasteiger partial charge is 0.497 e. The molecule has 0 atom stereocenters. The molecule has 0 N–H and O–H groups in total. The molecule has 0 spiro atoms. The highest BCUT2D eigenvalue weighted by molar-refractivity contribution is 7.99. The Morgan fingerprint density at radius 3 is 2.53 bits per heavy atom. The van der Waals surface area contributed by atoms with Crippen LogP contribution in [-0.2, 0) is 11.2 Å². The van der Waals surface area contributed by atoms with E-state index in [1.807, 2.05) is 36.0 Å². The van der Waals surface area contributed by atoms with E-state index in [0.29, 0.717) is 6.42 Å². The highest BCUT2D eigenvalue weighted by atomic mass is 32.2. The van der Waals surface area contributed by atoms with Crippen LogP contribution < -0.4 is 4.74 Å². The minimum Gasteiger partial charge on any atom is -0.497 e. The molecule has 1 heterocycles. The smallest absolute Gasteiger partial charge is 0.222 e. The van der Waals surface area contributed by atoms with E-state index in [4.69, 9.17) is 4.74 Å². The van der Waals surface area contributed by atoms with Gasteiger partial charge >= 0.3 is 0 Å². The third kappa shape index (κ3) is 6.78. The Bertz CT molecular complexity index is 822. The van der Waals surface area contributed by atoms with Gasteiger partial charge in [-0.2, -0.15) is 0 Å². The number of methoxy groups -OCH3 is 1. The maximum absolute atomic E-state index is 12.7. The van der Waals surface area contributed by atoms with Gasteiger partial charge in [-0.25, -0.2) is 0 Å². The van der Waals surface area contributed by atoms with Crippen LogP contribution in [0.3, 0.4) is 0 Å². The standard InChI is InChI=1S/C25H34N2O2S/c1-20-5-11-24(19-21(20)2)30-18-17-26-13-4-14-27(16-15-26)25(28)12-8-22-6-9-23(29-3)10-7-22/h5-7,9-11,19H,4,8,12-18H2,1-3H3. The Morgan fingerprint density at radius 2 is 1.80 bits per heavy atom. The molecule has 0 unspecified atom stereocenters. The number of ether oxygens (including phenoxy) is 1. The lowest BCUT2D eigenvalue weighted by Crippen LogP contribution is -2.35. The first kappa shape index (κ1) is 22.7. The van der Waals surface area contributed by atoms with Gasteiger partial charge < -0.3 is 14.5 Å². The van der Waals surface area contributed by atoms with Crippen molar-refractivity contribution in [3.05, 3.63) is 59.2 Å². The van der Waals surface area contributed by atoms with Gasteiger partial charge in [0.25, 0.3) is 0 Å². The zero-order valence-electron chi connectivity index (χ0n) is 18.5. The highest BCUT2D eigenvalue weighted by Crippen LogP contribution is 2.21. The van der Waals surface area contributed by atoms with Crippen LogP contribution in [0, 0.1) is 13.8 Å². The average molecular weight is 427 g/mol. The molecule has 5 heteroatoms. The molecule has 2 aromatic carbocycles. The highest BCUT2D eigenvalue weighted by Gasteiger charge is 2.18. The lowest BCUT2D eigenvalue weighted by Gasteiger charge is -2.22. The molecule has 3 rings (SSSR count). The van der Waals surface area contributed by atoms with Crippen molar-refractivity contribution in [3.8, 4) is 5.75 Å². The van der Waals surface area contributed by atoms with Gasteiger partial charge in [0, 0.05) is 43.2 Å². The van der Waals surface area contributed by atoms with Crippen molar-refractivity contribution in [2.24, 2.45) is 0 Å². The Labute approximate surface area is 185 Å². The monoisotopic (exact) mass is 426 g/mol. The molecule has 1 fully saturated rings. The quantitative estimate of drug-likeness (QED) is 0.579. The molecule has 1 amide bonds. The number of nitrogens with zero attached hydrogens (tertiary/aromatic N) is 2. The van der Waals surface area contributed by atoms with Gasteiger partial charge in [0.1, 0.15) is 5.75 Å². The molecule has 0 aromatic heterocycles. The third-order valence-corrected chi connectivity index (χ3v) is 6.86. The van der Waals surface area contributed by atoms with Crippen LogP contribution in [0.4, 0.5) is 0 Å². The molecule has 1 saturated heterocycles. The number of carbonyl (C=O) groups is 1.